The number of aromatic nitrogens is 1. The average Bonchev–Trinajstić information content (AvgIpc) is 2.66. The Balaban J connectivity index is 2.19. The molecule has 0 aliphatic carbocycles. The van der Waals surface area contributed by atoms with Crippen molar-refractivity contribution >= 4 is 28.7 Å². The van der Waals surface area contributed by atoms with Crippen LogP contribution in [0.4, 0.5) is 0 Å². The predicted molar refractivity (Wildman–Crippen MR) is 103 cm³/mol. The molecule has 0 saturated heterocycles. The summed E-state index contributed by atoms with van der Waals surface area (Å²) >= 11 is 1.11. The zero-order valence-electron chi connectivity index (χ0n) is 13.4. The highest BCUT2D eigenvalue weighted by Crippen LogP contribution is 2.31. The van der Waals surface area contributed by atoms with Crippen molar-refractivity contribution in [1.82, 2.24) is 10.5 Å². The molecule has 128 valence electrons. The molecule has 0 spiro atoms. The van der Waals surface area contributed by atoms with Gasteiger partial charge in [0.05, 0.1) is 11.2 Å². The number of hydrazine groups is 1. The van der Waals surface area contributed by atoms with Crippen LogP contribution in [0.25, 0.3) is 22.0 Å². The number of hydrazone groups is 1. The summed E-state index contributed by atoms with van der Waals surface area (Å²) in [5, 5.41) is 10.7. The van der Waals surface area contributed by atoms with Gasteiger partial charge in [0, 0.05) is 22.4 Å². The summed E-state index contributed by atoms with van der Waals surface area (Å²) in [5.41, 5.74) is 18.3. The molecule has 0 aliphatic heterocycles. The van der Waals surface area contributed by atoms with Gasteiger partial charge < -0.3 is 11.5 Å². The molecule has 3 aromatic rings. The molecule has 7 nitrogen and oxygen atoms in total. The van der Waals surface area contributed by atoms with Gasteiger partial charge in [-0.2, -0.15) is 0 Å². The summed E-state index contributed by atoms with van der Waals surface area (Å²) < 4.78 is 0. The molecule has 0 amide bonds. The van der Waals surface area contributed by atoms with E-state index < -0.39 is 0 Å². The predicted octanol–water partition coefficient (Wildman–Crippen LogP) is 1.41. The van der Waals surface area contributed by atoms with Gasteiger partial charge in [0.25, 0.3) is 0 Å². The van der Waals surface area contributed by atoms with Gasteiger partial charge in [0.2, 0.25) is 0 Å². The number of rotatable bonds is 5. The molecule has 2 aromatic carbocycles. The Bertz CT molecular complexity index is 939. The van der Waals surface area contributed by atoms with E-state index >= 15 is 0 Å². The Morgan fingerprint density at radius 1 is 1.16 bits per heavy atom. The van der Waals surface area contributed by atoms with Crippen LogP contribution in [0.1, 0.15) is 11.3 Å². The van der Waals surface area contributed by atoms with Gasteiger partial charge in [-0.3, -0.25) is 10.1 Å². The monoisotopic (exact) mass is 353 g/mol. The molecule has 0 radical (unpaired) electrons. The number of fused-ring (bicyclic) bond motifs is 1. The van der Waals surface area contributed by atoms with E-state index in [0.717, 1.165) is 50.1 Å². The molecule has 0 bridgehead atoms. The van der Waals surface area contributed by atoms with E-state index in [2.05, 4.69) is 21.7 Å². The van der Waals surface area contributed by atoms with Gasteiger partial charge >= 0.3 is 0 Å². The lowest BCUT2D eigenvalue weighted by molar-refractivity contribution is 0.803. The molecule has 9 N–H and O–H groups in total. The molecule has 3 rings (SSSR count). The minimum Gasteiger partial charge on any atom is -0.382 e. The van der Waals surface area contributed by atoms with E-state index in [4.69, 9.17) is 22.4 Å². The first-order chi connectivity index (χ1) is 12.2. The highest BCUT2D eigenvalue weighted by atomic mass is 32.2. The fourth-order valence-corrected chi connectivity index (χ4v) is 3.20. The van der Waals surface area contributed by atoms with Crippen molar-refractivity contribution in [2.45, 2.75) is 11.4 Å². The maximum Gasteiger partial charge on any atom is 0.153 e. The van der Waals surface area contributed by atoms with Crippen LogP contribution in [0.5, 0.6) is 0 Å². The molecule has 0 atom stereocenters. The Labute approximate surface area is 149 Å². The van der Waals surface area contributed by atoms with E-state index in [0.29, 0.717) is 6.54 Å². The van der Waals surface area contributed by atoms with Gasteiger partial charge in [-0.05, 0) is 47.3 Å². The number of pyridine rings is 1. The topological polar surface area (TPSA) is 141 Å². The Kier molecular flexibility index (Phi) is 5.15. The van der Waals surface area contributed by atoms with Gasteiger partial charge in [-0.25, -0.2) is 11.4 Å². The third kappa shape index (κ3) is 3.42. The van der Waals surface area contributed by atoms with Crippen molar-refractivity contribution in [3.63, 3.8) is 0 Å². The second-order valence-corrected chi connectivity index (χ2v) is 6.01. The Morgan fingerprint density at radius 3 is 2.72 bits per heavy atom. The fourth-order valence-electron chi connectivity index (χ4n) is 2.71. The second-order valence-electron chi connectivity index (χ2n) is 5.34. The van der Waals surface area contributed by atoms with E-state index in [9.17, 15) is 0 Å². The minimum atomic E-state index is 0.266. The summed E-state index contributed by atoms with van der Waals surface area (Å²) in [4.78, 5) is 5.34. The van der Waals surface area contributed by atoms with Crippen molar-refractivity contribution in [2.24, 2.45) is 27.6 Å². The van der Waals surface area contributed by atoms with Crippen LogP contribution in [0.2, 0.25) is 0 Å². The molecule has 25 heavy (non-hydrogen) atoms. The number of nitrogens with one attached hydrogen (secondary N) is 1. The molecule has 0 saturated carbocycles. The maximum absolute atomic E-state index is 6.08. The smallest absolute Gasteiger partial charge is 0.153 e. The minimum absolute atomic E-state index is 0.266. The lowest BCUT2D eigenvalue weighted by Gasteiger charge is -2.13. The van der Waals surface area contributed by atoms with Crippen molar-refractivity contribution < 1.29 is 0 Å². The van der Waals surface area contributed by atoms with E-state index in [1.165, 1.54) is 0 Å². The molecule has 1 aromatic heterocycles. The summed E-state index contributed by atoms with van der Waals surface area (Å²) in [7, 11) is 0. The molecule has 1 heterocycles. The average molecular weight is 353 g/mol. The Morgan fingerprint density at radius 2 is 2.00 bits per heavy atom. The number of nitrogens with two attached hydrogens (primary N) is 4. The lowest BCUT2D eigenvalue weighted by atomic mass is 9.97. The van der Waals surface area contributed by atoms with Gasteiger partial charge in [0.1, 0.15) is 0 Å². The van der Waals surface area contributed by atoms with Crippen LogP contribution in [-0.2, 0) is 6.54 Å². The quantitative estimate of drug-likeness (QED) is 0.153. The largest absolute Gasteiger partial charge is 0.382 e. The first kappa shape index (κ1) is 17.2. The molecule has 0 aliphatic rings. The van der Waals surface area contributed by atoms with Crippen molar-refractivity contribution in [3.8, 4) is 11.1 Å². The van der Waals surface area contributed by atoms with E-state index in [-0.39, 0.29) is 5.84 Å². The van der Waals surface area contributed by atoms with Crippen molar-refractivity contribution in [2.75, 3.05) is 0 Å². The van der Waals surface area contributed by atoms with Gasteiger partial charge in [-0.15, -0.1) is 5.10 Å². The van der Waals surface area contributed by atoms with Crippen LogP contribution >= 0.6 is 11.9 Å². The molecule has 0 fully saturated rings. The van der Waals surface area contributed by atoms with E-state index in [1.54, 1.807) is 0 Å². The summed E-state index contributed by atoms with van der Waals surface area (Å²) in [6, 6.07) is 15.7. The van der Waals surface area contributed by atoms with Crippen molar-refractivity contribution in [3.05, 3.63) is 59.8 Å². The number of nitrogens with zero attached hydrogens (tertiary/aromatic N) is 2. The summed E-state index contributed by atoms with van der Waals surface area (Å²) in [6.07, 6.45) is 0. The normalized spacial score (nSPS) is 11.7. The van der Waals surface area contributed by atoms with Crippen LogP contribution in [0, 0.1) is 0 Å². The van der Waals surface area contributed by atoms with Gasteiger partial charge in [0.15, 0.2) is 5.84 Å². The molecular formula is C17H19N7S. The summed E-state index contributed by atoms with van der Waals surface area (Å²) in [5.74, 6) is 5.54. The number of hydrogen-bond donors (Lipinski definition) is 5. The maximum atomic E-state index is 6.08. The second kappa shape index (κ2) is 7.49. The highest BCUT2D eigenvalue weighted by molar-refractivity contribution is 7.97. The zero-order valence-corrected chi connectivity index (χ0v) is 14.3. The number of benzene rings is 2. The molecular weight excluding hydrogens is 334 g/mol. The molecule has 0 unspecified atom stereocenters. The first-order valence-electron chi connectivity index (χ1n) is 7.57. The van der Waals surface area contributed by atoms with Crippen molar-refractivity contribution in [1.29, 1.82) is 0 Å². The SMILES string of the molecule is NCc1ccc2cc(-c3cccc(SN)c3/C(N)=N/NN)ccc2n1. The summed E-state index contributed by atoms with van der Waals surface area (Å²) in [6.45, 7) is 0.413. The van der Waals surface area contributed by atoms with Crippen LogP contribution < -0.4 is 28.0 Å². The van der Waals surface area contributed by atoms with Crippen LogP contribution in [-0.4, -0.2) is 10.8 Å². The van der Waals surface area contributed by atoms with Crippen LogP contribution in [0.15, 0.2) is 58.5 Å². The first-order valence-corrected chi connectivity index (χ1v) is 8.45. The van der Waals surface area contributed by atoms with E-state index in [1.807, 2.05) is 42.5 Å². The standard InChI is InChI=1S/C17H19N7S/c18-9-12-6-4-11-8-10(5-7-14(11)22-12)13-2-1-3-15(25-21)16(13)17(19)23-24-20/h1-8,24H,9,18,20-21H2,(H2,19,23). The Hall–Kier alpha value is -2.65. The highest BCUT2D eigenvalue weighted by Gasteiger charge is 2.14. The van der Waals surface area contributed by atoms with Crippen LogP contribution in [0.3, 0.4) is 0 Å². The third-order valence-corrected chi connectivity index (χ3v) is 4.46. The zero-order chi connectivity index (χ0) is 17.8. The lowest BCUT2D eigenvalue weighted by Crippen LogP contribution is -2.24. The fraction of sp³-hybridized carbons (Fsp3) is 0.0588. The number of amidine groups is 1. The number of hydrogen-bond acceptors (Lipinski definition) is 7. The molecule has 8 heteroatoms. The van der Waals surface area contributed by atoms with Gasteiger partial charge in [-0.1, -0.05) is 24.3 Å². The third-order valence-electron chi connectivity index (χ3n) is 3.86.